The molecule has 108 valence electrons. The van der Waals surface area contributed by atoms with Crippen LogP contribution in [0.15, 0.2) is 0 Å². The number of nitrogens with one attached hydrogen (secondary N) is 1. The van der Waals surface area contributed by atoms with E-state index in [9.17, 15) is 0 Å². The number of ether oxygens (including phenoxy) is 1. The van der Waals surface area contributed by atoms with Gasteiger partial charge in [-0.05, 0) is 25.3 Å². The molecule has 20 heavy (non-hydrogen) atoms. The van der Waals surface area contributed by atoms with Crippen molar-refractivity contribution in [3.05, 3.63) is 10.8 Å². The third-order valence-corrected chi connectivity index (χ3v) is 5.48. The normalized spacial score (nSPS) is 28.4. The van der Waals surface area contributed by atoms with E-state index in [-0.39, 0.29) is 0 Å². The molecule has 0 saturated carbocycles. The molecule has 1 N–H and O–H groups in total. The van der Waals surface area contributed by atoms with Gasteiger partial charge in [0.2, 0.25) is 4.96 Å². The lowest BCUT2D eigenvalue weighted by molar-refractivity contribution is 0.0831. The lowest BCUT2D eigenvalue weighted by Crippen LogP contribution is -2.17. The van der Waals surface area contributed by atoms with E-state index in [0.717, 1.165) is 49.9 Å². The summed E-state index contributed by atoms with van der Waals surface area (Å²) in [6, 6.07) is 0. The van der Waals surface area contributed by atoms with Gasteiger partial charge in [-0.3, -0.25) is 0 Å². The van der Waals surface area contributed by atoms with Crippen LogP contribution in [0.3, 0.4) is 0 Å². The molecule has 4 rings (SSSR count). The lowest BCUT2D eigenvalue weighted by atomic mass is 9.99. The number of hydrogen-bond acceptors (Lipinski definition) is 6. The van der Waals surface area contributed by atoms with Crippen LogP contribution in [0.5, 0.6) is 0 Å². The number of hydrogen-bond donors (Lipinski definition) is 1. The molecule has 6 nitrogen and oxygen atoms in total. The zero-order valence-corrected chi connectivity index (χ0v) is 12.4. The lowest BCUT2D eigenvalue weighted by Gasteiger charge is -2.19. The number of nitrogens with zero attached hydrogens (tertiary/aromatic N) is 4. The van der Waals surface area contributed by atoms with Crippen molar-refractivity contribution >= 4 is 16.3 Å². The molecule has 2 saturated heterocycles. The molecule has 2 aliphatic heterocycles. The van der Waals surface area contributed by atoms with Crippen molar-refractivity contribution in [3.63, 3.8) is 0 Å². The van der Waals surface area contributed by atoms with Gasteiger partial charge in [-0.2, -0.15) is 9.61 Å². The van der Waals surface area contributed by atoms with E-state index < -0.39 is 0 Å². The van der Waals surface area contributed by atoms with Gasteiger partial charge in [0.15, 0.2) is 5.82 Å². The first-order valence-electron chi connectivity index (χ1n) is 7.33. The van der Waals surface area contributed by atoms with E-state index >= 15 is 0 Å². The highest BCUT2D eigenvalue weighted by atomic mass is 32.1. The molecule has 0 aliphatic carbocycles. The van der Waals surface area contributed by atoms with Crippen molar-refractivity contribution in [2.45, 2.75) is 31.6 Å². The molecule has 0 bridgehead atoms. The first kappa shape index (κ1) is 12.7. The fourth-order valence-corrected chi connectivity index (χ4v) is 4.23. The number of fused-ring (bicyclic) bond motifs is 1. The van der Waals surface area contributed by atoms with Gasteiger partial charge in [-0.25, -0.2) is 0 Å². The van der Waals surface area contributed by atoms with E-state index in [1.165, 1.54) is 5.01 Å². The van der Waals surface area contributed by atoms with Gasteiger partial charge in [-0.1, -0.05) is 18.3 Å². The van der Waals surface area contributed by atoms with Crippen LogP contribution in [0.25, 0.3) is 4.96 Å². The maximum atomic E-state index is 5.43. The zero-order valence-electron chi connectivity index (χ0n) is 11.6. The van der Waals surface area contributed by atoms with Crippen molar-refractivity contribution in [2.75, 3.05) is 26.3 Å². The molecular weight excluding hydrogens is 274 g/mol. The van der Waals surface area contributed by atoms with Crippen molar-refractivity contribution < 1.29 is 4.74 Å². The van der Waals surface area contributed by atoms with Crippen molar-refractivity contribution in [2.24, 2.45) is 5.92 Å². The quantitative estimate of drug-likeness (QED) is 0.907. The molecule has 2 atom stereocenters. The second kappa shape index (κ2) is 5.05. The van der Waals surface area contributed by atoms with Gasteiger partial charge >= 0.3 is 0 Å². The van der Waals surface area contributed by atoms with Gasteiger partial charge in [0, 0.05) is 31.6 Å². The standard InChI is InChI=1S/C13H19N5OS/c1-8-6-14-7-10(8)12-17-18-11(15-16-13(18)20-12)9-2-4-19-5-3-9/h8-10,14H,2-7H2,1H3. The summed E-state index contributed by atoms with van der Waals surface area (Å²) < 4.78 is 7.40. The molecule has 0 radical (unpaired) electrons. The summed E-state index contributed by atoms with van der Waals surface area (Å²) in [5.74, 6) is 2.62. The SMILES string of the molecule is CC1CNCC1c1nn2c(C3CCOCC3)nnc2s1. The summed E-state index contributed by atoms with van der Waals surface area (Å²) in [5, 5.41) is 18.1. The zero-order chi connectivity index (χ0) is 13.5. The Morgan fingerprint density at radius 2 is 2.10 bits per heavy atom. The highest BCUT2D eigenvalue weighted by Crippen LogP contribution is 2.32. The maximum Gasteiger partial charge on any atom is 0.234 e. The molecule has 0 aromatic carbocycles. The number of rotatable bonds is 2. The average Bonchev–Trinajstić information content (AvgIpc) is 3.13. The fraction of sp³-hybridized carbons (Fsp3) is 0.769. The molecule has 0 spiro atoms. The van der Waals surface area contributed by atoms with Crippen LogP contribution in [0.2, 0.25) is 0 Å². The monoisotopic (exact) mass is 293 g/mol. The molecular formula is C13H19N5OS. The van der Waals surface area contributed by atoms with Crippen LogP contribution in [0.1, 0.15) is 42.4 Å². The minimum Gasteiger partial charge on any atom is -0.381 e. The van der Waals surface area contributed by atoms with Gasteiger partial charge < -0.3 is 10.1 Å². The van der Waals surface area contributed by atoms with Gasteiger partial charge in [0.1, 0.15) is 5.01 Å². The van der Waals surface area contributed by atoms with Gasteiger partial charge in [-0.15, -0.1) is 10.2 Å². The highest BCUT2D eigenvalue weighted by Gasteiger charge is 2.30. The minimum absolute atomic E-state index is 0.438. The van der Waals surface area contributed by atoms with Crippen LogP contribution >= 0.6 is 11.3 Å². The first-order valence-corrected chi connectivity index (χ1v) is 8.15. The fourth-order valence-electron chi connectivity index (χ4n) is 3.15. The Kier molecular flexibility index (Phi) is 3.20. The maximum absolute atomic E-state index is 5.43. The second-order valence-corrected chi connectivity index (χ2v) is 6.81. The Bertz CT molecular complexity index is 603. The Morgan fingerprint density at radius 1 is 1.25 bits per heavy atom. The summed E-state index contributed by atoms with van der Waals surface area (Å²) in [6.45, 7) is 6.03. The summed E-state index contributed by atoms with van der Waals surface area (Å²) in [7, 11) is 0. The van der Waals surface area contributed by atoms with Gasteiger partial charge in [0.25, 0.3) is 0 Å². The molecule has 2 aliphatic rings. The van der Waals surface area contributed by atoms with Crippen LogP contribution in [0, 0.1) is 5.92 Å². The number of aromatic nitrogens is 4. The summed E-state index contributed by atoms with van der Waals surface area (Å²) >= 11 is 1.69. The second-order valence-electron chi connectivity index (χ2n) is 5.82. The molecule has 2 fully saturated rings. The summed E-state index contributed by atoms with van der Waals surface area (Å²) in [6.07, 6.45) is 2.05. The van der Waals surface area contributed by atoms with Crippen LogP contribution < -0.4 is 5.32 Å². The molecule has 2 aromatic heterocycles. The Balaban J connectivity index is 1.67. The molecule has 4 heterocycles. The van der Waals surface area contributed by atoms with E-state index in [2.05, 4.69) is 22.4 Å². The smallest absolute Gasteiger partial charge is 0.234 e. The molecule has 2 unspecified atom stereocenters. The minimum atomic E-state index is 0.438. The van der Waals surface area contributed by atoms with E-state index in [1.807, 2.05) is 4.52 Å². The Labute approximate surface area is 121 Å². The van der Waals surface area contributed by atoms with Crippen molar-refractivity contribution in [1.82, 2.24) is 25.1 Å². The Morgan fingerprint density at radius 3 is 2.85 bits per heavy atom. The topological polar surface area (TPSA) is 64.3 Å². The van der Waals surface area contributed by atoms with Gasteiger partial charge in [0.05, 0.1) is 0 Å². The largest absolute Gasteiger partial charge is 0.381 e. The highest BCUT2D eigenvalue weighted by molar-refractivity contribution is 7.16. The van der Waals surface area contributed by atoms with Crippen LogP contribution in [0.4, 0.5) is 0 Å². The Hall–Kier alpha value is -1.05. The van der Waals surface area contributed by atoms with E-state index in [1.54, 1.807) is 11.3 Å². The predicted molar refractivity (Wildman–Crippen MR) is 76.2 cm³/mol. The van der Waals surface area contributed by atoms with Crippen LogP contribution in [-0.4, -0.2) is 46.1 Å². The van der Waals surface area contributed by atoms with Crippen molar-refractivity contribution in [3.8, 4) is 0 Å². The molecule has 2 aromatic rings. The first-order chi connectivity index (χ1) is 9.83. The van der Waals surface area contributed by atoms with Crippen molar-refractivity contribution in [1.29, 1.82) is 0 Å². The average molecular weight is 293 g/mol. The van der Waals surface area contributed by atoms with E-state index in [4.69, 9.17) is 9.84 Å². The predicted octanol–water partition coefficient (Wildman–Crippen LogP) is 1.40. The summed E-state index contributed by atoms with van der Waals surface area (Å²) in [4.78, 5) is 0.931. The molecule has 7 heteroatoms. The molecule has 0 amide bonds. The summed E-state index contributed by atoms with van der Waals surface area (Å²) in [5.41, 5.74) is 0. The third kappa shape index (κ3) is 2.04. The third-order valence-electron chi connectivity index (χ3n) is 4.45. The van der Waals surface area contributed by atoms with Crippen LogP contribution in [-0.2, 0) is 4.74 Å². The van der Waals surface area contributed by atoms with E-state index in [0.29, 0.717) is 17.8 Å².